The molecule has 1 fully saturated rings. The van der Waals surface area contributed by atoms with Crippen LogP contribution in [0.5, 0.6) is 0 Å². The summed E-state index contributed by atoms with van der Waals surface area (Å²) >= 11 is 0. The molecule has 15 heavy (non-hydrogen) atoms. The standard InChI is InChI=1S/C11H16N2.2ClH/c12-9-11(13-7-4-8-13)10-5-2-1-3-6-10;;/h1-3,5-6,11H,4,7-9,12H2;2*1H. The van der Waals surface area contributed by atoms with Crippen molar-refractivity contribution in [2.75, 3.05) is 19.6 Å². The molecule has 1 aromatic carbocycles. The van der Waals surface area contributed by atoms with Crippen LogP contribution >= 0.6 is 24.8 Å². The maximum absolute atomic E-state index is 5.77. The van der Waals surface area contributed by atoms with Crippen molar-refractivity contribution in [3.63, 3.8) is 0 Å². The maximum Gasteiger partial charge on any atom is 0.0470 e. The van der Waals surface area contributed by atoms with Gasteiger partial charge in [-0.3, -0.25) is 4.90 Å². The SMILES string of the molecule is Cl.Cl.NCC(c1ccccc1)N1CCC1. The monoisotopic (exact) mass is 248 g/mol. The summed E-state index contributed by atoms with van der Waals surface area (Å²) in [5, 5.41) is 0. The molecule has 1 aliphatic heterocycles. The highest BCUT2D eigenvalue weighted by Gasteiger charge is 2.23. The summed E-state index contributed by atoms with van der Waals surface area (Å²) in [6.45, 7) is 3.14. The fraction of sp³-hybridized carbons (Fsp3) is 0.455. The van der Waals surface area contributed by atoms with E-state index in [0.29, 0.717) is 6.04 Å². The van der Waals surface area contributed by atoms with Gasteiger partial charge in [-0.25, -0.2) is 0 Å². The molecule has 0 saturated carbocycles. The molecule has 4 heteroatoms. The molecule has 0 spiro atoms. The van der Waals surface area contributed by atoms with E-state index in [2.05, 4.69) is 29.2 Å². The minimum Gasteiger partial charge on any atom is -0.329 e. The normalized spacial score (nSPS) is 16.9. The molecule has 2 N–H and O–H groups in total. The van der Waals surface area contributed by atoms with Gasteiger partial charge in [0, 0.05) is 25.7 Å². The predicted octanol–water partition coefficient (Wildman–Crippen LogP) is 2.24. The van der Waals surface area contributed by atoms with E-state index in [-0.39, 0.29) is 24.8 Å². The van der Waals surface area contributed by atoms with Crippen molar-refractivity contribution in [2.24, 2.45) is 5.73 Å². The average Bonchev–Trinajstić information content (AvgIpc) is 2.12. The smallest absolute Gasteiger partial charge is 0.0470 e. The second kappa shape index (κ2) is 7.07. The van der Waals surface area contributed by atoms with Crippen molar-refractivity contribution in [1.82, 2.24) is 4.90 Å². The number of nitrogens with zero attached hydrogens (tertiary/aromatic N) is 1. The van der Waals surface area contributed by atoms with Crippen LogP contribution in [0.1, 0.15) is 18.0 Å². The average molecular weight is 249 g/mol. The second-order valence-corrected chi connectivity index (χ2v) is 3.55. The van der Waals surface area contributed by atoms with Crippen molar-refractivity contribution >= 4 is 24.8 Å². The lowest BCUT2D eigenvalue weighted by Crippen LogP contribution is -2.43. The Morgan fingerprint density at radius 3 is 2.13 bits per heavy atom. The first-order valence-electron chi connectivity index (χ1n) is 4.91. The van der Waals surface area contributed by atoms with E-state index in [0.717, 1.165) is 6.54 Å². The van der Waals surface area contributed by atoms with Crippen molar-refractivity contribution in [1.29, 1.82) is 0 Å². The maximum atomic E-state index is 5.77. The van der Waals surface area contributed by atoms with Gasteiger partial charge in [-0.1, -0.05) is 30.3 Å². The first kappa shape index (κ1) is 14.7. The van der Waals surface area contributed by atoms with E-state index in [9.17, 15) is 0 Å². The van der Waals surface area contributed by atoms with Gasteiger partial charge in [0.2, 0.25) is 0 Å². The van der Waals surface area contributed by atoms with Crippen LogP contribution in [0.15, 0.2) is 30.3 Å². The minimum absolute atomic E-state index is 0. The summed E-state index contributed by atoms with van der Waals surface area (Å²) in [5.41, 5.74) is 7.13. The zero-order chi connectivity index (χ0) is 9.10. The first-order chi connectivity index (χ1) is 6.42. The van der Waals surface area contributed by atoms with Crippen LogP contribution in [0.4, 0.5) is 0 Å². The number of hydrogen-bond donors (Lipinski definition) is 1. The lowest BCUT2D eigenvalue weighted by Gasteiger charge is -2.38. The van der Waals surface area contributed by atoms with Gasteiger partial charge in [-0.2, -0.15) is 0 Å². The van der Waals surface area contributed by atoms with Crippen LogP contribution in [0.2, 0.25) is 0 Å². The van der Waals surface area contributed by atoms with E-state index >= 15 is 0 Å². The topological polar surface area (TPSA) is 29.3 Å². The molecule has 1 atom stereocenters. The highest BCUT2D eigenvalue weighted by Crippen LogP contribution is 2.23. The summed E-state index contributed by atoms with van der Waals surface area (Å²) in [4.78, 5) is 2.44. The molecule has 2 rings (SSSR count). The Morgan fingerprint density at radius 2 is 1.73 bits per heavy atom. The zero-order valence-corrected chi connectivity index (χ0v) is 10.3. The Kier molecular flexibility index (Phi) is 6.94. The van der Waals surface area contributed by atoms with Crippen LogP contribution in [0.25, 0.3) is 0 Å². The number of likely N-dealkylation sites (tertiary alicyclic amines) is 1. The predicted molar refractivity (Wildman–Crippen MR) is 68.9 cm³/mol. The molecule has 0 bridgehead atoms. The molecule has 0 aromatic heterocycles. The highest BCUT2D eigenvalue weighted by atomic mass is 35.5. The molecule has 1 aliphatic rings. The number of benzene rings is 1. The van der Waals surface area contributed by atoms with Crippen molar-refractivity contribution in [3.8, 4) is 0 Å². The Morgan fingerprint density at radius 1 is 1.13 bits per heavy atom. The molecule has 1 saturated heterocycles. The third-order valence-electron chi connectivity index (χ3n) is 2.74. The molecule has 1 aromatic rings. The fourth-order valence-corrected chi connectivity index (χ4v) is 1.82. The van der Waals surface area contributed by atoms with Gasteiger partial charge in [0.1, 0.15) is 0 Å². The molecule has 0 aliphatic carbocycles. The summed E-state index contributed by atoms with van der Waals surface area (Å²) in [7, 11) is 0. The van der Waals surface area contributed by atoms with Gasteiger partial charge >= 0.3 is 0 Å². The number of nitrogens with two attached hydrogens (primary N) is 1. The van der Waals surface area contributed by atoms with Crippen molar-refractivity contribution in [2.45, 2.75) is 12.5 Å². The lowest BCUT2D eigenvalue weighted by molar-refractivity contribution is 0.122. The first-order valence-corrected chi connectivity index (χ1v) is 4.91. The van der Waals surface area contributed by atoms with Crippen LogP contribution in [-0.2, 0) is 0 Å². The van der Waals surface area contributed by atoms with E-state index in [4.69, 9.17) is 5.73 Å². The molecule has 1 heterocycles. The fourth-order valence-electron chi connectivity index (χ4n) is 1.82. The highest BCUT2D eigenvalue weighted by molar-refractivity contribution is 5.85. The number of hydrogen-bond acceptors (Lipinski definition) is 2. The van der Waals surface area contributed by atoms with E-state index in [1.807, 2.05) is 6.07 Å². The van der Waals surface area contributed by atoms with Crippen molar-refractivity contribution < 1.29 is 0 Å². The van der Waals surface area contributed by atoms with Crippen LogP contribution in [-0.4, -0.2) is 24.5 Å². The van der Waals surface area contributed by atoms with E-state index in [1.165, 1.54) is 25.1 Å². The van der Waals surface area contributed by atoms with Gasteiger partial charge in [0.15, 0.2) is 0 Å². The Balaban J connectivity index is 0.000000980. The lowest BCUT2D eigenvalue weighted by atomic mass is 10.0. The van der Waals surface area contributed by atoms with Crippen molar-refractivity contribution in [3.05, 3.63) is 35.9 Å². The van der Waals surface area contributed by atoms with Gasteiger partial charge in [0.05, 0.1) is 0 Å². The second-order valence-electron chi connectivity index (χ2n) is 3.55. The third-order valence-corrected chi connectivity index (χ3v) is 2.74. The number of rotatable bonds is 3. The van der Waals surface area contributed by atoms with Crippen LogP contribution < -0.4 is 5.73 Å². The number of halogens is 2. The van der Waals surface area contributed by atoms with Crippen LogP contribution in [0, 0.1) is 0 Å². The molecular weight excluding hydrogens is 231 g/mol. The Bertz CT molecular complexity index is 263. The molecule has 2 nitrogen and oxygen atoms in total. The van der Waals surface area contributed by atoms with Crippen LogP contribution in [0.3, 0.4) is 0 Å². The Labute approximate surface area is 104 Å². The minimum atomic E-state index is 0. The zero-order valence-electron chi connectivity index (χ0n) is 8.63. The molecular formula is C11H18Cl2N2. The quantitative estimate of drug-likeness (QED) is 0.890. The summed E-state index contributed by atoms with van der Waals surface area (Å²) in [6.07, 6.45) is 1.32. The summed E-state index contributed by atoms with van der Waals surface area (Å²) in [5.74, 6) is 0. The Hall–Kier alpha value is -0.280. The van der Waals surface area contributed by atoms with Gasteiger partial charge in [-0.15, -0.1) is 24.8 Å². The van der Waals surface area contributed by atoms with E-state index in [1.54, 1.807) is 0 Å². The molecule has 0 amide bonds. The summed E-state index contributed by atoms with van der Waals surface area (Å²) in [6, 6.07) is 11.0. The largest absolute Gasteiger partial charge is 0.329 e. The molecule has 0 radical (unpaired) electrons. The van der Waals surface area contributed by atoms with Gasteiger partial charge < -0.3 is 5.73 Å². The summed E-state index contributed by atoms with van der Waals surface area (Å²) < 4.78 is 0. The van der Waals surface area contributed by atoms with Gasteiger partial charge in [-0.05, 0) is 12.0 Å². The molecule has 86 valence electrons. The van der Waals surface area contributed by atoms with Gasteiger partial charge in [0.25, 0.3) is 0 Å². The molecule has 1 unspecified atom stereocenters. The van der Waals surface area contributed by atoms with E-state index < -0.39 is 0 Å². The third kappa shape index (κ3) is 3.35.